The zero-order valence-corrected chi connectivity index (χ0v) is 9.52. The van der Waals surface area contributed by atoms with Crippen molar-refractivity contribution in [2.24, 2.45) is 5.73 Å². The average molecular weight is 228 g/mol. The van der Waals surface area contributed by atoms with E-state index >= 15 is 0 Å². The minimum absolute atomic E-state index is 0.165. The summed E-state index contributed by atoms with van der Waals surface area (Å²) in [5.74, 6) is 0.327. The Morgan fingerprint density at radius 2 is 2.31 bits per heavy atom. The van der Waals surface area contributed by atoms with Gasteiger partial charge in [0.15, 0.2) is 5.82 Å². The fourth-order valence-corrected chi connectivity index (χ4v) is 0.996. The Morgan fingerprint density at radius 3 is 2.75 bits per heavy atom. The molecular formula is C8H16N6O2. The monoisotopic (exact) mass is 228 g/mol. The molecule has 1 aromatic rings. The molecule has 1 aromatic heterocycles. The maximum absolute atomic E-state index is 11.4. The molecule has 0 saturated carbocycles. The lowest BCUT2D eigenvalue weighted by molar-refractivity contribution is 0.0503. The average Bonchev–Trinajstić information content (AvgIpc) is 2.63. The van der Waals surface area contributed by atoms with E-state index in [-0.39, 0.29) is 6.54 Å². The summed E-state index contributed by atoms with van der Waals surface area (Å²) in [5.41, 5.74) is 4.93. The number of nitrogens with two attached hydrogens (primary N) is 1. The van der Waals surface area contributed by atoms with E-state index in [2.05, 4.69) is 25.9 Å². The molecule has 16 heavy (non-hydrogen) atoms. The number of amides is 1. The van der Waals surface area contributed by atoms with Gasteiger partial charge in [-0.15, -0.1) is 10.2 Å². The summed E-state index contributed by atoms with van der Waals surface area (Å²) in [6.07, 6.45) is -0.562. The van der Waals surface area contributed by atoms with Gasteiger partial charge in [-0.2, -0.15) is 5.21 Å². The van der Waals surface area contributed by atoms with Crippen LogP contribution < -0.4 is 11.1 Å². The summed E-state index contributed by atoms with van der Waals surface area (Å²) < 4.78 is 5.08. The fraction of sp³-hybridized carbons (Fsp3) is 0.750. The number of hydrogen-bond acceptors (Lipinski definition) is 6. The number of tetrazole rings is 1. The first-order chi connectivity index (χ1) is 7.42. The molecule has 1 unspecified atom stereocenters. The highest BCUT2D eigenvalue weighted by molar-refractivity contribution is 5.68. The second-order valence-electron chi connectivity index (χ2n) is 4.20. The molecule has 1 atom stereocenters. The molecule has 1 amide bonds. The number of carbonyl (C=O) groups is 1. The van der Waals surface area contributed by atoms with Gasteiger partial charge in [0.1, 0.15) is 11.6 Å². The number of rotatable bonds is 3. The van der Waals surface area contributed by atoms with Gasteiger partial charge in [-0.25, -0.2) is 4.79 Å². The molecule has 1 heterocycles. The highest BCUT2D eigenvalue weighted by Gasteiger charge is 2.21. The van der Waals surface area contributed by atoms with Crippen molar-refractivity contribution in [3.05, 3.63) is 5.82 Å². The summed E-state index contributed by atoms with van der Waals surface area (Å²) in [6, 6.07) is -0.506. The standard InChI is InChI=1S/C8H16N6O2/c1-8(2,3)16-7(15)10-5(4-9)6-11-13-14-12-6/h5H,4,9H2,1-3H3,(H,10,15)(H,11,12,13,14). The molecule has 0 aliphatic heterocycles. The third-order valence-electron chi connectivity index (χ3n) is 1.60. The summed E-state index contributed by atoms with van der Waals surface area (Å²) >= 11 is 0. The SMILES string of the molecule is CC(C)(C)OC(=O)NC(CN)c1nn[nH]n1. The summed E-state index contributed by atoms with van der Waals surface area (Å²) in [5, 5.41) is 15.7. The zero-order chi connectivity index (χ0) is 12.2. The van der Waals surface area contributed by atoms with Gasteiger partial charge in [-0.1, -0.05) is 5.21 Å². The van der Waals surface area contributed by atoms with Crippen LogP contribution in [-0.2, 0) is 4.74 Å². The Morgan fingerprint density at radius 1 is 1.62 bits per heavy atom. The Balaban J connectivity index is 2.55. The highest BCUT2D eigenvalue weighted by Crippen LogP contribution is 2.09. The number of nitrogens with one attached hydrogen (secondary N) is 2. The minimum atomic E-state index is -0.562. The number of ether oxygens (including phenoxy) is 1. The molecule has 1 rings (SSSR count). The Labute approximate surface area is 92.9 Å². The van der Waals surface area contributed by atoms with Crippen molar-refractivity contribution >= 4 is 6.09 Å². The zero-order valence-electron chi connectivity index (χ0n) is 9.52. The molecule has 0 aromatic carbocycles. The van der Waals surface area contributed by atoms with Gasteiger partial charge in [0.2, 0.25) is 0 Å². The quantitative estimate of drug-likeness (QED) is 0.654. The van der Waals surface area contributed by atoms with Crippen molar-refractivity contribution in [2.75, 3.05) is 6.54 Å². The molecule has 0 spiro atoms. The van der Waals surface area contributed by atoms with Crippen LogP contribution in [0, 0.1) is 0 Å². The number of carbonyl (C=O) groups excluding carboxylic acids is 1. The molecule has 0 radical (unpaired) electrons. The first-order valence-electron chi connectivity index (χ1n) is 4.85. The first-order valence-corrected chi connectivity index (χ1v) is 4.85. The van der Waals surface area contributed by atoms with Gasteiger partial charge in [-0.05, 0) is 20.8 Å². The van der Waals surface area contributed by atoms with E-state index in [9.17, 15) is 4.79 Å². The lowest BCUT2D eigenvalue weighted by Crippen LogP contribution is -2.38. The van der Waals surface area contributed by atoms with Gasteiger partial charge >= 0.3 is 6.09 Å². The van der Waals surface area contributed by atoms with E-state index in [1.807, 2.05) is 0 Å². The molecule has 4 N–H and O–H groups in total. The van der Waals surface area contributed by atoms with Crippen LogP contribution in [0.2, 0.25) is 0 Å². The van der Waals surface area contributed by atoms with Crippen LogP contribution in [0.1, 0.15) is 32.6 Å². The lowest BCUT2D eigenvalue weighted by atomic mass is 10.2. The molecule has 8 nitrogen and oxygen atoms in total. The van der Waals surface area contributed by atoms with E-state index in [4.69, 9.17) is 10.5 Å². The number of hydrogen-bond donors (Lipinski definition) is 3. The summed E-state index contributed by atoms with van der Waals surface area (Å²) in [7, 11) is 0. The number of aromatic amines is 1. The van der Waals surface area contributed by atoms with E-state index < -0.39 is 17.7 Å². The minimum Gasteiger partial charge on any atom is -0.444 e. The predicted octanol–water partition coefficient (Wildman–Crippen LogP) is -0.276. The second kappa shape index (κ2) is 4.88. The van der Waals surface area contributed by atoms with Crippen LogP contribution in [-0.4, -0.2) is 38.9 Å². The van der Waals surface area contributed by atoms with Gasteiger partial charge in [-0.3, -0.25) is 0 Å². The van der Waals surface area contributed by atoms with Crippen molar-refractivity contribution in [2.45, 2.75) is 32.4 Å². The van der Waals surface area contributed by atoms with Crippen LogP contribution in [0.5, 0.6) is 0 Å². The Bertz CT molecular complexity index is 331. The molecular weight excluding hydrogens is 212 g/mol. The molecule has 0 aliphatic carbocycles. The van der Waals surface area contributed by atoms with Crippen LogP contribution in [0.15, 0.2) is 0 Å². The summed E-state index contributed by atoms with van der Waals surface area (Å²) in [6.45, 7) is 5.49. The van der Waals surface area contributed by atoms with Crippen LogP contribution >= 0.6 is 0 Å². The topological polar surface area (TPSA) is 119 Å². The number of aromatic nitrogens is 4. The van der Waals surface area contributed by atoms with E-state index in [1.54, 1.807) is 20.8 Å². The van der Waals surface area contributed by atoms with E-state index in [0.29, 0.717) is 5.82 Å². The third kappa shape index (κ3) is 3.81. The van der Waals surface area contributed by atoms with Crippen molar-refractivity contribution in [3.63, 3.8) is 0 Å². The van der Waals surface area contributed by atoms with E-state index in [0.717, 1.165) is 0 Å². The molecule has 0 bridgehead atoms. The molecule has 0 saturated heterocycles. The first kappa shape index (κ1) is 12.4. The van der Waals surface area contributed by atoms with Gasteiger partial charge in [0, 0.05) is 6.54 Å². The summed E-state index contributed by atoms with van der Waals surface area (Å²) in [4.78, 5) is 11.4. The highest BCUT2D eigenvalue weighted by atomic mass is 16.6. The Hall–Kier alpha value is -1.70. The Kier molecular flexibility index (Phi) is 3.78. The predicted molar refractivity (Wildman–Crippen MR) is 55.3 cm³/mol. The number of nitrogens with zero attached hydrogens (tertiary/aromatic N) is 3. The van der Waals surface area contributed by atoms with Gasteiger partial charge in [0.05, 0.1) is 0 Å². The van der Waals surface area contributed by atoms with Crippen molar-refractivity contribution in [1.82, 2.24) is 25.9 Å². The van der Waals surface area contributed by atoms with Gasteiger partial charge in [0.25, 0.3) is 0 Å². The number of H-pyrrole nitrogens is 1. The van der Waals surface area contributed by atoms with Crippen LogP contribution in [0.25, 0.3) is 0 Å². The maximum Gasteiger partial charge on any atom is 0.408 e. The maximum atomic E-state index is 11.4. The lowest BCUT2D eigenvalue weighted by Gasteiger charge is -2.21. The third-order valence-corrected chi connectivity index (χ3v) is 1.60. The van der Waals surface area contributed by atoms with Crippen molar-refractivity contribution < 1.29 is 9.53 Å². The van der Waals surface area contributed by atoms with Gasteiger partial charge < -0.3 is 15.8 Å². The molecule has 8 heteroatoms. The van der Waals surface area contributed by atoms with Crippen molar-refractivity contribution in [3.8, 4) is 0 Å². The normalized spacial score (nSPS) is 13.2. The smallest absolute Gasteiger partial charge is 0.408 e. The van der Waals surface area contributed by atoms with Crippen LogP contribution in [0.4, 0.5) is 4.79 Å². The fourth-order valence-electron chi connectivity index (χ4n) is 0.996. The van der Waals surface area contributed by atoms with Crippen molar-refractivity contribution in [1.29, 1.82) is 0 Å². The van der Waals surface area contributed by atoms with E-state index in [1.165, 1.54) is 0 Å². The van der Waals surface area contributed by atoms with Crippen LogP contribution in [0.3, 0.4) is 0 Å². The number of alkyl carbamates (subject to hydrolysis) is 1. The second-order valence-corrected chi connectivity index (χ2v) is 4.20. The largest absolute Gasteiger partial charge is 0.444 e. The molecule has 0 aliphatic rings. The molecule has 0 fully saturated rings. The molecule has 90 valence electrons.